The van der Waals surface area contributed by atoms with Gasteiger partial charge in [-0.25, -0.2) is 0 Å². The molecule has 0 heterocycles. The largest absolute Gasteiger partial charge is 0.314 e. The van der Waals surface area contributed by atoms with Crippen molar-refractivity contribution in [3.8, 4) is 0 Å². The molecule has 2 atom stereocenters. The molecule has 0 amide bonds. The van der Waals surface area contributed by atoms with Crippen molar-refractivity contribution < 1.29 is 0 Å². The SMILES string of the molecule is CSCC(Cl)C(N)Cl. The van der Waals surface area contributed by atoms with Gasteiger partial charge in [-0.2, -0.15) is 11.8 Å². The fraction of sp³-hybridized carbons (Fsp3) is 1.00. The first-order chi connectivity index (χ1) is 3.68. The molecular weight excluding hydrogens is 165 g/mol. The van der Waals surface area contributed by atoms with E-state index >= 15 is 0 Å². The van der Waals surface area contributed by atoms with Crippen molar-refractivity contribution in [1.82, 2.24) is 0 Å². The second-order valence-corrected chi connectivity index (χ2v) is 3.39. The molecule has 8 heavy (non-hydrogen) atoms. The predicted molar refractivity (Wildman–Crippen MR) is 41.9 cm³/mol. The van der Waals surface area contributed by atoms with Crippen LogP contribution in [0.25, 0.3) is 0 Å². The normalized spacial score (nSPS) is 18.0. The van der Waals surface area contributed by atoms with Gasteiger partial charge in [0, 0.05) is 5.75 Å². The van der Waals surface area contributed by atoms with Crippen LogP contribution >= 0.6 is 35.0 Å². The van der Waals surface area contributed by atoms with Crippen LogP contribution in [0.1, 0.15) is 0 Å². The Balaban J connectivity index is 3.17. The first-order valence-electron chi connectivity index (χ1n) is 2.21. The van der Waals surface area contributed by atoms with Gasteiger partial charge in [0.05, 0.1) is 10.9 Å². The molecule has 0 aromatic rings. The quantitative estimate of drug-likeness (QED) is 0.518. The van der Waals surface area contributed by atoms with Gasteiger partial charge in [0.25, 0.3) is 0 Å². The third-order valence-corrected chi connectivity index (χ3v) is 2.41. The maximum Gasteiger partial charge on any atom is 0.0974 e. The average molecular weight is 174 g/mol. The molecule has 0 aliphatic rings. The molecule has 50 valence electrons. The maximum absolute atomic E-state index is 5.64. The molecule has 4 heteroatoms. The van der Waals surface area contributed by atoms with Gasteiger partial charge in [-0.3, -0.25) is 0 Å². The van der Waals surface area contributed by atoms with Crippen LogP contribution in [0.5, 0.6) is 0 Å². The van der Waals surface area contributed by atoms with Crippen molar-refractivity contribution >= 4 is 35.0 Å². The minimum atomic E-state index is -0.413. The van der Waals surface area contributed by atoms with E-state index in [1.165, 1.54) is 0 Å². The zero-order valence-corrected chi connectivity index (χ0v) is 6.93. The van der Waals surface area contributed by atoms with E-state index < -0.39 is 5.50 Å². The molecule has 0 aromatic heterocycles. The fourth-order valence-electron chi connectivity index (χ4n) is 0.251. The van der Waals surface area contributed by atoms with Gasteiger partial charge in [0.2, 0.25) is 0 Å². The molecule has 1 nitrogen and oxygen atoms in total. The van der Waals surface area contributed by atoms with Crippen molar-refractivity contribution in [2.75, 3.05) is 12.0 Å². The van der Waals surface area contributed by atoms with Crippen LogP contribution in [0.4, 0.5) is 0 Å². The Labute approximate surface area is 63.9 Å². The zero-order valence-electron chi connectivity index (χ0n) is 4.60. The highest BCUT2D eigenvalue weighted by Gasteiger charge is 2.09. The smallest absolute Gasteiger partial charge is 0.0974 e. The third-order valence-electron chi connectivity index (χ3n) is 0.671. The van der Waals surface area contributed by atoms with Crippen molar-refractivity contribution in [3.63, 3.8) is 0 Å². The Morgan fingerprint density at radius 1 is 1.62 bits per heavy atom. The number of hydrogen-bond donors (Lipinski definition) is 1. The Hall–Kier alpha value is 0.890. The van der Waals surface area contributed by atoms with Crippen LogP contribution in [0, 0.1) is 0 Å². The number of nitrogens with two attached hydrogens (primary N) is 1. The first kappa shape index (κ1) is 8.89. The van der Waals surface area contributed by atoms with Crippen LogP contribution in [-0.2, 0) is 0 Å². The van der Waals surface area contributed by atoms with E-state index in [2.05, 4.69) is 0 Å². The summed E-state index contributed by atoms with van der Waals surface area (Å²) in [7, 11) is 0. The van der Waals surface area contributed by atoms with Crippen LogP contribution in [0.2, 0.25) is 0 Å². The minimum absolute atomic E-state index is 0.105. The number of rotatable bonds is 3. The lowest BCUT2D eigenvalue weighted by molar-refractivity contribution is 0.876. The number of thioether (sulfide) groups is 1. The van der Waals surface area contributed by atoms with E-state index in [1.54, 1.807) is 11.8 Å². The van der Waals surface area contributed by atoms with Gasteiger partial charge in [-0.1, -0.05) is 0 Å². The standard InChI is InChI=1S/C4H9Cl2NS/c1-8-2-3(5)4(6)7/h3-4H,2,7H2,1H3. The lowest BCUT2D eigenvalue weighted by atomic mass is 10.5. The van der Waals surface area contributed by atoms with Crippen LogP contribution in [-0.4, -0.2) is 22.9 Å². The Bertz CT molecular complexity index is 60.0. The molecule has 2 N–H and O–H groups in total. The summed E-state index contributed by atoms with van der Waals surface area (Å²) in [5, 5.41) is -0.105. The summed E-state index contributed by atoms with van der Waals surface area (Å²) in [4.78, 5) is 0. The molecule has 2 unspecified atom stereocenters. The molecule has 0 aromatic carbocycles. The monoisotopic (exact) mass is 173 g/mol. The minimum Gasteiger partial charge on any atom is -0.314 e. The lowest BCUT2D eigenvalue weighted by Crippen LogP contribution is -2.26. The summed E-state index contributed by atoms with van der Waals surface area (Å²) in [5.41, 5.74) is 4.83. The summed E-state index contributed by atoms with van der Waals surface area (Å²) in [6.07, 6.45) is 1.97. The third kappa shape index (κ3) is 3.84. The highest BCUT2D eigenvalue weighted by Crippen LogP contribution is 2.09. The van der Waals surface area contributed by atoms with Crippen LogP contribution in [0.15, 0.2) is 0 Å². The van der Waals surface area contributed by atoms with Gasteiger partial charge in [0.15, 0.2) is 0 Å². The molecule has 0 aliphatic carbocycles. The van der Waals surface area contributed by atoms with Gasteiger partial charge in [-0.15, -0.1) is 23.2 Å². The second kappa shape index (κ2) is 4.74. The second-order valence-electron chi connectivity index (χ2n) is 1.42. The summed E-state index contributed by atoms with van der Waals surface area (Å²) < 4.78 is 0. The predicted octanol–water partition coefficient (Wildman–Crippen LogP) is 1.48. The fourth-order valence-corrected chi connectivity index (χ4v) is 1.35. The number of alkyl halides is 2. The maximum atomic E-state index is 5.64. The van der Waals surface area contributed by atoms with Gasteiger partial charge in [0.1, 0.15) is 0 Å². The van der Waals surface area contributed by atoms with E-state index in [-0.39, 0.29) is 5.38 Å². The van der Waals surface area contributed by atoms with Crippen LogP contribution < -0.4 is 5.73 Å². The summed E-state index contributed by atoms with van der Waals surface area (Å²) in [5.74, 6) is 0.812. The molecular formula is C4H9Cl2NS. The molecule has 0 saturated carbocycles. The lowest BCUT2D eigenvalue weighted by Gasteiger charge is -2.07. The van der Waals surface area contributed by atoms with Gasteiger partial charge in [-0.05, 0) is 6.26 Å². The zero-order chi connectivity index (χ0) is 6.57. The molecule has 0 radical (unpaired) electrons. The van der Waals surface area contributed by atoms with Crippen molar-refractivity contribution in [2.45, 2.75) is 10.9 Å². The summed E-state index contributed by atoms with van der Waals surface area (Å²) in [6.45, 7) is 0. The molecule has 0 spiro atoms. The van der Waals surface area contributed by atoms with E-state index in [0.717, 1.165) is 5.75 Å². The topological polar surface area (TPSA) is 26.0 Å². The van der Waals surface area contributed by atoms with E-state index in [9.17, 15) is 0 Å². The number of hydrogen-bond acceptors (Lipinski definition) is 2. The highest BCUT2D eigenvalue weighted by atomic mass is 35.5. The highest BCUT2D eigenvalue weighted by molar-refractivity contribution is 7.98. The molecule has 0 rings (SSSR count). The Morgan fingerprint density at radius 2 is 2.12 bits per heavy atom. The molecule has 0 aliphatic heterocycles. The Kier molecular flexibility index (Phi) is 5.27. The first-order valence-corrected chi connectivity index (χ1v) is 4.47. The van der Waals surface area contributed by atoms with Crippen LogP contribution in [0.3, 0.4) is 0 Å². The van der Waals surface area contributed by atoms with E-state index in [0.29, 0.717) is 0 Å². The summed E-state index contributed by atoms with van der Waals surface area (Å²) in [6, 6.07) is 0. The molecule has 0 fully saturated rings. The van der Waals surface area contributed by atoms with E-state index in [4.69, 9.17) is 28.9 Å². The van der Waals surface area contributed by atoms with Gasteiger partial charge < -0.3 is 5.73 Å². The molecule has 0 bridgehead atoms. The van der Waals surface area contributed by atoms with Crippen molar-refractivity contribution in [1.29, 1.82) is 0 Å². The number of halogens is 2. The molecule has 0 saturated heterocycles. The Morgan fingerprint density at radius 3 is 2.25 bits per heavy atom. The van der Waals surface area contributed by atoms with Crippen molar-refractivity contribution in [3.05, 3.63) is 0 Å². The summed E-state index contributed by atoms with van der Waals surface area (Å²) >= 11 is 12.7. The van der Waals surface area contributed by atoms with Crippen molar-refractivity contribution in [2.24, 2.45) is 5.73 Å². The van der Waals surface area contributed by atoms with Gasteiger partial charge >= 0.3 is 0 Å². The average Bonchev–Trinajstić information content (AvgIpc) is 1.67. The van der Waals surface area contributed by atoms with E-state index in [1.807, 2.05) is 6.26 Å².